The van der Waals surface area contributed by atoms with Crippen molar-refractivity contribution >= 4 is 17.7 Å². The number of hydrogen-bond acceptors (Lipinski definition) is 3. The summed E-state index contributed by atoms with van der Waals surface area (Å²) in [6.07, 6.45) is 10.6. The zero-order valence-electron chi connectivity index (χ0n) is 22.3. The van der Waals surface area contributed by atoms with Gasteiger partial charge in [-0.1, -0.05) is 63.4 Å². The molecule has 3 atom stereocenters. The molecule has 4 rings (SSSR count). The van der Waals surface area contributed by atoms with Gasteiger partial charge in [0.1, 0.15) is 12.1 Å². The van der Waals surface area contributed by atoms with Crippen LogP contribution in [0.15, 0.2) is 30.3 Å². The zero-order valence-corrected chi connectivity index (χ0v) is 22.3. The number of nitrogens with zero attached hydrogens (tertiary/aromatic N) is 2. The van der Waals surface area contributed by atoms with Gasteiger partial charge < -0.3 is 15.1 Å². The van der Waals surface area contributed by atoms with Crippen LogP contribution in [0.2, 0.25) is 0 Å². The molecule has 3 amide bonds. The van der Waals surface area contributed by atoms with Crippen molar-refractivity contribution in [2.24, 2.45) is 17.8 Å². The highest BCUT2D eigenvalue weighted by Crippen LogP contribution is 2.35. The number of benzene rings is 1. The first-order chi connectivity index (χ1) is 17.5. The van der Waals surface area contributed by atoms with E-state index in [9.17, 15) is 14.4 Å². The smallest absolute Gasteiger partial charge is 0.246 e. The van der Waals surface area contributed by atoms with Crippen LogP contribution >= 0.6 is 0 Å². The molecule has 0 spiro atoms. The van der Waals surface area contributed by atoms with E-state index in [2.05, 4.69) is 17.4 Å². The molecule has 1 saturated carbocycles. The Balaban J connectivity index is 1.51. The van der Waals surface area contributed by atoms with Crippen LogP contribution in [0.3, 0.4) is 0 Å². The van der Waals surface area contributed by atoms with Crippen LogP contribution in [0.25, 0.3) is 0 Å². The minimum absolute atomic E-state index is 0.00338. The lowest BCUT2D eigenvalue weighted by atomic mass is 9.82. The molecule has 1 aromatic rings. The molecule has 0 bridgehead atoms. The molecule has 3 fully saturated rings. The van der Waals surface area contributed by atoms with E-state index in [4.69, 9.17) is 0 Å². The van der Waals surface area contributed by atoms with Crippen LogP contribution in [0.4, 0.5) is 0 Å². The predicted octanol–water partition coefficient (Wildman–Crippen LogP) is 4.57. The van der Waals surface area contributed by atoms with Crippen molar-refractivity contribution in [3.8, 4) is 0 Å². The lowest BCUT2D eigenvalue weighted by molar-refractivity contribution is -0.147. The van der Waals surface area contributed by atoms with Crippen molar-refractivity contribution in [2.45, 2.75) is 96.6 Å². The molecule has 1 aliphatic carbocycles. The third kappa shape index (κ3) is 6.12. The molecule has 6 heteroatoms. The fourth-order valence-corrected chi connectivity index (χ4v) is 6.67. The van der Waals surface area contributed by atoms with E-state index >= 15 is 0 Å². The van der Waals surface area contributed by atoms with Gasteiger partial charge in [0.15, 0.2) is 0 Å². The molecule has 2 saturated heterocycles. The largest absolute Gasteiger partial charge is 0.344 e. The van der Waals surface area contributed by atoms with E-state index in [1.165, 1.54) is 12.0 Å². The standard InChI is InChI=1S/C30H45N3O3/c1-3-23(4-2)28(34)31-26(24-14-9-6-10-15-24)29(35)33-21-18-25-16-11-19-32(30(36)27(25)33)20-17-22-12-7-5-8-13-22/h5,7-8,12-13,23-27H,3-4,6,9-11,14-21H2,1-2H3,(H,31,34)/t25-,26-,27+/m1/s1. The van der Waals surface area contributed by atoms with Crippen LogP contribution in [0, 0.1) is 17.8 Å². The summed E-state index contributed by atoms with van der Waals surface area (Å²) in [6.45, 7) is 6.13. The van der Waals surface area contributed by atoms with E-state index in [1.807, 2.05) is 41.8 Å². The second-order valence-electron chi connectivity index (χ2n) is 11.1. The summed E-state index contributed by atoms with van der Waals surface area (Å²) in [4.78, 5) is 44.9. The summed E-state index contributed by atoms with van der Waals surface area (Å²) in [5.74, 6) is 0.406. The van der Waals surface area contributed by atoms with Crippen molar-refractivity contribution in [2.75, 3.05) is 19.6 Å². The van der Waals surface area contributed by atoms with Gasteiger partial charge in [0.2, 0.25) is 17.7 Å². The Labute approximate surface area is 217 Å². The van der Waals surface area contributed by atoms with Crippen molar-refractivity contribution in [3.63, 3.8) is 0 Å². The van der Waals surface area contributed by atoms with E-state index in [0.29, 0.717) is 13.1 Å². The Hall–Kier alpha value is -2.37. The van der Waals surface area contributed by atoms with Gasteiger partial charge in [-0.3, -0.25) is 14.4 Å². The highest BCUT2D eigenvalue weighted by atomic mass is 16.2. The number of nitrogens with one attached hydrogen (secondary N) is 1. The molecule has 1 aromatic carbocycles. The van der Waals surface area contributed by atoms with Crippen molar-refractivity contribution in [3.05, 3.63) is 35.9 Å². The molecule has 3 aliphatic rings. The third-order valence-electron chi connectivity index (χ3n) is 8.93. The van der Waals surface area contributed by atoms with Crippen molar-refractivity contribution < 1.29 is 14.4 Å². The van der Waals surface area contributed by atoms with E-state index in [0.717, 1.165) is 70.8 Å². The minimum Gasteiger partial charge on any atom is -0.344 e. The Morgan fingerprint density at radius 3 is 2.36 bits per heavy atom. The number of likely N-dealkylation sites (tertiary alicyclic amines) is 2. The molecule has 1 N–H and O–H groups in total. The first kappa shape index (κ1) is 26.7. The molecule has 36 heavy (non-hydrogen) atoms. The highest BCUT2D eigenvalue weighted by molar-refractivity contribution is 5.93. The first-order valence-corrected chi connectivity index (χ1v) is 14.5. The summed E-state index contributed by atoms with van der Waals surface area (Å²) in [5.41, 5.74) is 1.23. The van der Waals surface area contributed by atoms with E-state index in [1.54, 1.807) is 0 Å². The second kappa shape index (κ2) is 12.7. The average molecular weight is 496 g/mol. The lowest BCUT2D eigenvalue weighted by Gasteiger charge is -2.36. The fourth-order valence-electron chi connectivity index (χ4n) is 6.67. The molecule has 2 aliphatic heterocycles. The number of amides is 3. The Bertz CT molecular complexity index is 879. The maximum absolute atomic E-state index is 14.1. The molecule has 6 nitrogen and oxygen atoms in total. The average Bonchev–Trinajstić information content (AvgIpc) is 3.27. The second-order valence-corrected chi connectivity index (χ2v) is 11.1. The Kier molecular flexibility index (Phi) is 9.44. The van der Waals surface area contributed by atoms with Gasteiger partial charge >= 0.3 is 0 Å². The summed E-state index contributed by atoms with van der Waals surface area (Å²) < 4.78 is 0. The third-order valence-corrected chi connectivity index (χ3v) is 8.93. The number of hydrogen-bond donors (Lipinski definition) is 1. The van der Waals surface area contributed by atoms with Gasteiger partial charge in [0.25, 0.3) is 0 Å². The number of fused-ring (bicyclic) bond motifs is 1. The number of rotatable bonds is 9. The quantitative estimate of drug-likeness (QED) is 0.546. The summed E-state index contributed by atoms with van der Waals surface area (Å²) >= 11 is 0. The summed E-state index contributed by atoms with van der Waals surface area (Å²) in [6, 6.07) is 9.40. The lowest BCUT2D eigenvalue weighted by Crippen LogP contribution is -2.57. The predicted molar refractivity (Wildman–Crippen MR) is 142 cm³/mol. The van der Waals surface area contributed by atoms with E-state index < -0.39 is 6.04 Å². The van der Waals surface area contributed by atoms with Crippen LogP contribution < -0.4 is 5.32 Å². The maximum atomic E-state index is 14.1. The van der Waals surface area contributed by atoms with Gasteiger partial charge in [-0.25, -0.2) is 0 Å². The van der Waals surface area contributed by atoms with E-state index in [-0.39, 0.29) is 41.5 Å². The number of carbonyl (C=O) groups excluding carboxylic acids is 3. The monoisotopic (exact) mass is 495 g/mol. The fraction of sp³-hybridized carbons (Fsp3) is 0.700. The van der Waals surface area contributed by atoms with Crippen molar-refractivity contribution in [1.29, 1.82) is 0 Å². The van der Waals surface area contributed by atoms with Gasteiger partial charge in [-0.2, -0.15) is 0 Å². The zero-order chi connectivity index (χ0) is 25.5. The van der Waals surface area contributed by atoms with Crippen LogP contribution in [-0.4, -0.2) is 59.2 Å². The molecular weight excluding hydrogens is 450 g/mol. The molecule has 198 valence electrons. The Morgan fingerprint density at radius 2 is 1.67 bits per heavy atom. The van der Waals surface area contributed by atoms with Gasteiger partial charge in [0.05, 0.1) is 0 Å². The minimum atomic E-state index is -0.508. The first-order valence-electron chi connectivity index (χ1n) is 14.5. The number of carbonyl (C=O) groups is 3. The topological polar surface area (TPSA) is 69.7 Å². The van der Waals surface area contributed by atoms with Crippen LogP contribution in [0.1, 0.15) is 83.6 Å². The van der Waals surface area contributed by atoms with Gasteiger partial charge in [0, 0.05) is 25.6 Å². The Morgan fingerprint density at radius 1 is 0.944 bits per heavy atom. The normalized spacial score (nSPS) is 23.9. The van der Waals surface area contributed by atoms with Crippen LogP contribution in [-0.2, 0) is 20.8 Å². The SMILES string of the molecule is CCC(CC)C(=O)N[C@@H](C(=O)N1CC[C@H]2CCCN(CCc3ccccc3)C(=O)[C@H]21)C1CCCCC1. The molecule has 0 unspecified atom stereocenters. The van der Waals surface area contributed by atoms with Gasteiger partial charge in [-0.05, 0) is 68.8 Å². The molecule has 2 heterocycles. The maximum Gasteiger partial charge on any atom is 0.246 e. The molecule has 0 aromatic heterocycles. The van der Waals surface area contributed by atoms with Crippen molar-refractivity contribution in [1.82, 2.24) is 15.1 Å². The van der Waals surface area contributed by atoms with Gasteiger partial charge in [-0.15, -0.1) is 0 Å². The molecular formula is C30H45N3O3. The molecule has 0 radical (unpaired) electrons. The van der Waals surface area contributed by atoms with Crippen LogP contribution in [0.5, 0.6) is 0 Å². The summed E-state index contributed by atoms with van der Waals surface area (Å²) in [7, 11) is 0. The highest BCUT2D eigenvalue weighted by Gasteiger charge is 2.47. The summed E-state index contributed by atoms with van der Waals surface area (Å²) in [5, 5.41) is 3.19.